The normalized spacial score (nSPS) is 22.4. The fraction of sp³-hybridized carbons (Fsp3) is 0.588. The van der Waals surface area contributed by atoms with Crippen LogP contribution in [0.4, 0.5) is 0 Å². The zero-order valence-electron chi connectivity index (χ0n) is 14.3. The number of rotatable bonds is 4. The molecule has 3 rings (SSSR count). The van der Waals surface area contributed by atoms with Crippen LogP contribution in [0.3, 0.4) is 0 Å². The fourth-order valence-electron chi connectivity index (χ4n) is 3.66. The molecule has 0 aromatic heterocycles. The number of carbonyl (C=O) groups is 1. The van der Waals surface area contributed by atoms with E-state index in [-0.39, 0.29) is 17.3 Å². The number of esters is 1. The molecule has 25 heavy (non-hydrogen) atoms. The van der Waals surface area contributed by atoms with Gasteiger partial charge in [0, 0.05) is 19.1 Å². The zero-order chi connectivity index (χ0) is 17.2. The smallest absolute Gasteiger partial charge is 0.337 e. The van der Waals surface area contributed by atoms with E-state index in [1.807, 2.05) is 0 Å². The van der Waals surface area contributed by atoms with Crippen molar-refractivity contribution in [3.63, 3.8) is 0 Å². The van der Waals surface area contributed by atoms with Gasteiger partial charge in [-0.05, 0) is 62.4 Å². The van der Waals surface area contributed by atoms with E-state index in [0.29, 0.717) is 30.6 Å². The molecule has 1 atom stereocenters. The minimum atomic E-state index is -3.50. The molecule has 2 aliphatic heterocycles. The Labute approximate surface area is 155 Å². The highest BCUT2D eigenvalue weighted by molar-refractivity contribution is 7.89. The van der Waals surface area contributed by atoms with Gasteiger partial charge in [-0.1, -0.05) is 0 Å². The van der Waals surface area contributed by atoms with E-state index in [9.17, 15) is 13.2 Å². The second-order valence-electron chi connectivity index (χ2n) is 6.46. The molecular weight excluding hydrogens is 364 g/mol. The number of carbonyl (C=O) groups excluding carboxylic acids is 1. The number of ether oxygens (including phenoxy) is 1. The van der Waals surface area contributed by atoms with Crippen LogP contribution in [0, 0.1) is 5.92 Å². The molecule has 0 saturated carbocycles. The first kappa shape index (κ1) is 20.2. The number of methoxy groups -OCH3 is 1. The predicted octanol–water partition coefficient (Wildman–Crippen LogP) is 2.05. The maximum atomic E-state index is 12.8. The van der Waals surface area contributed by atoms with E-state index in [0.717, 1.165) is 19.4 Å². The van der Waals surface area contributed by atoms with Crippen LogP contribution in [0.2, 0.25) is 0 Å². The van der Waals surface area contributed by atoms with Crippen molar-refractivity contribution >= 4 is 28.4 Å². The Bertz CT molecular complexity index is 679. The third-order valence-electron chi connectivity index (χ3n) is 5.08. The van der Waals surface area contributed by atoms with Crippen molar-refractivity contribution in [2.75, 3.05) is 26.7 Å². The number of sulfonamides is 1. The molecule has 2 aliphatic rings. The first-order valence-corrected chi connectivity index (χ1v) is 9.88. The number of piperidine rings is 1. The summed E-state index contributed by atoms with van der Waals surface area (Å²) in [5.41, 5.74) is 0.350. The van der Waals surface area contributed by atoms with Gasteiger partial charge in [0.05, 0.1) is 17.6 Å². The SMILES string of the molecule is COC(=O)c1ccc(S(=O)(=O)N2CCC(C3CCCN3)CC2)cc1.Cl. The Kier molecular flexibility index (Phi) is 6.85. The van der Waals surface area contributed by atoms with Crippen molar-refractivity contribution in [1.29, 1.82) is 0 Å². The highest BCUT2D eigenvalue weighted by Crippen LogP contribution is 2.28. The van der Waals surface area contributed by atoms with Gasteiger partial charge in [0.25, 0.3) is 0 Å². The van der Waals surface area contributed by atoms with Crippen molar-refractivity contribution < 1.29 is 17.9 Å². The van der Waals surface area contributed by atoms with Crippen LogP contribution >= 0.6 is 12.4 Å². The quantitative estimate of drug-likeness (QED) is 0.799. The van der Waals surface area contributed by atoms with Gasteiger partial charge in [0.15, 0.2) is 0 Å². The molecule has 1 unspecified atom stereocenters. The standard InChI is InChI=1S/C17H24N2O4S.ClH/c1-23-17(20)14-4-6-15(7-5-14)24(21,22)19-11-8-13(9-12-19)16-3-2-10-18-16;/h4-7,13,16,18H,2-3,8-12H2,1H3;1H. The molecule has 8 heteroatoms. The Balaban J connectivity index is 0.00000225. The highest BCUT2D eigenvalue weighted by atomic mass is 35.5. The third kappa shape index (κ3) is 4.34. The molecule has 1 N–H and O–H groups in total. The molecule has 0 aliphatic carbocycles. The van der Waals surface area contributed by atoms with E-state index in [1.165, 1.54) is 44.2 Å². The number of hydrogen-bond acceptors (Lipinski definition) is 5. The lowest BCUT2D eigenvalue weighted by molar-refractivity contribution is 0.0600. The Morgan fingerprint density at radius 2 is 1.80 bits per heavy atom. The average molecular weight is 389 g/mol. The van der Waals surface area contributed by atoms with E-state index in [2.05, 4.69) is 10.1 Å². The summed E-state index contributed by atoms with van der Waals surface area (Å²) in [7, 11) is -2.20. The molecule has 140 valence electrons. The summed E-state index contributed by atoms with van der Waals surface area (Å²) in [6.45, 7) is 2.20. The molecule has 2 fully saturated rings. The van der Waals surface area contributed by atoms with Gasteiger partial charge in [-0.3, -0.25) is 0 Å². The maximum Gasteiger partial charge on any atom is 0.337 e. The second kappa shape index (κ2) is 8.49. The summed E-state index contributed by atoms with van der Waals surface area (Å²) < 4.78 is 31.7. The maximum absolute atomic E-state index is 12.8. The lowest BCUT2D eigenvalue weighted by Crippen LogP contribution is -2.43. The van der Waals surface area contributed by atoms with Crippen molar-refractivity contribution in [2.24, 2.45) is 5.92 Å². The van der Waals surface area contributed by atoms with Gasteiger partial charge < -0.3 is 10.1 Å². The molecule has 0 radical (unpaired) electrons. The predicted molar refractivity (Wildman–Crippen MR) is 97.5 cm³/mol. The van der Waals surface area contributed by atoms with Gasteiger partial charge >= 0.3 is 5.97 Å². The molecule has 1 aromatic carbocycles. The second-order valence-corrected chi connectivity index (χ2v) is 8.40. The summed E-state index contributed by atoms with van der Waals surface area (Å²) in [5, 5.41) is 3.52. The van der Waals surface area contributed by atoms with Gasteiger partial charge in [-0.2, -0.15) is 4.31 Å². The van der Waals surface area contributed by atoms with Crippen LogP contribution in [-0.4, -0.2) is 51.5 Å². The molecule has 6 nitrogen and oxygen atoms in total. The van der Waals surface area contributed by atoms with Crippen LogP contribution < -0.4 is 5.32 Å². The molecule has 2 saturated heterocycles. The van der Waals surface area contributed by atoms with Crippen molar-refractivity contribution in [3.05, 3.63) is 29.8 Å². The van der Waals surface area contributed by atoms with Crippen LogP contribution in [0.15, 0.2) is 29.2 Å². The largest absolute Gasteiger partial charge is 0.465 e. The summed E-state index contributed by atoms with van der Waals surface area (Å²) >= 11 is 0. The summed E-state index contributed by atoms with van der Waals surface area (Å²) in [6, 6.07) is 6.49. The van der Waals surface area contributed by atoms with Crippen LogP contribution in [-0.2, 0) is 14.8 Å². The topological polar surface area (TPSA) is 75.7 Å². The fourth-order valence-corrected chi connectivity index (χ4v) is 5.13. The molecule has 0 bridgehead atoms. The Hall–Kier alpha value is -1.15. The number of nitrogens with zero attached hydrogens (tertiary/aromatic N) is 1. The van der Waals surface area contributed by atoms with Crippen molar-refractivity contribution in [2.45, 2.75) is 36.6 Å². The van der Waals surface area contributed by atoms with Gasteiger partial charge in [-0.25, -0.2) is 13.2 Å². The molecule has 1 aromatic rings. The van der Waals surface area contributed by atoms with Crippen LogP contribution in [0.1, 0.15) is 36.0 Å². The average Bonchev–Trinajstić information content (AvgIpc) is 3.16. The number of benzene rings is 1. The zero-order valence-corrected chi connectivity index (χ0v) is 15.9. The Morgan fingerprint density at radius 3 is 2.32 bits per heavy atom. The van der Waals surface area contributed by atoms with Gasteiger partial charge in [0.2, 0.25) is 10.0 Å². The first-order valence-electron chi connectivity index (χ1n) is 8.44. The molecule has 0 spiro atoms. The van der Waals surface area contributed by atoms with Crippen molar-refractivity contribution in [1.82, 2.24) is 9.62 Å². The van der Waals surface area contributed by atoms with E-state index < -0.39 is 16.0 Å². The van der Waals surface area contributed by atoms with E-state index >= 15 is 0 Å². The van der Waals surface area contributed by atoms with Gasteiger partial charge in [0.1, 0.15) is 0 Å². The number of halogens is 1. The molecule has 0 amide bonds. The highest BCUT2D eigenvalue weighted by Gasteiger charge is 2.33. The summed E-state index contributed by atoms with van der Waals surface area (Å²) in [4.78, 5) is 11.7. The van der Waals surface area contributed by atoms with E-state index in [4.69, 9.17) is 0 Å². The monoisotopic (exact) mass is 388 g/mol. The number of hydrogen-bond donors (Lipinski definition) is 1. The van der Waals surface area contributed by atoms with Crippen molar-refractivity contribution in [3.8, 4) is 0 Å². The molecular formula is C17H25ClN2O4S. The number of nitrogens with one attached hydrogen (secondary N) is 1. The minimum Gasteiger partial charge on any atom is -0.465 e. The third-order valence-corrected chi connectivity index (χ3v) is 6.99. The molecule has 2 heterocycles. The van der Waals surface area contributed by atoms with E-state index in [1.54, 1.807) is 4.31 Å². The minimum absolute atomic E-state index is 0. The first-order chi connectivity index (χ1) is 11.5. The van der Waals surface area contributed by atoms with Crippen LogP contribution in [0.25, 0.3) is 0 Å². The Morgan fingerprint density at radius 1 is 1.16 bits per heavy atom. The van der Waals surface area contributed by atoms with Gasteiger partial charge in [-0.15, -0.1) is 12.4 Å². The summed E-state index contributed by atoms with van der Waals surface area (Å²) in [5.74, 6) is 0.101. The summed E-state index contributed by atoms with van der Waals surface area (Å²) in [6.07, 6.45) is 4.22. The lowest BCUT2D eigenvalue weighted by atomic mass is 9.89. The lowest BCUT2D eigenvalue weighted by Gasteiger charge is -2.34. The van der Waals surface area contributed by atoms with Crippen LogP contribution in [0.5, 0.6) is 0 Å².